The zero-order chi connectivity index (χ0) is 9.80. The largest absolute Gasteiger partial charge is 0.375 e. The van der Waals surface area contributed by atoms with E-state index in [1.807, 2.05) is 11.8 Å². The second kappa shape index (κ2) is 5.16. The lowest BCUT2D eigenvalue weighted by Gasteiger charge is -2.27. The first kappa shape index (κ1) is 10.5. The van der Waals surface area contributed by atoms with Crippen LogP contribution in [-0.2, 0) is 11.2 Å². The van der Waals surface area contributed by atoms with E-state index in [0.717, 1.165) is 24.5 Å². The summed E-state index contributed by atoms with van der Waals surface area (Å²) >= 11 is 3.72. The highest BCUT2D eigenvalue weighted by molar-refractivity contribution is 7.99. The summed E-state index contributed by atoms with van der Waals surface area (Å²) in [6.07, 6.45) is 1.19. The minimum atomic E-state index is 0.154. The summed E-state index contributed by atoms with van der Waals surface area (Å²) in [4.78, 5) is 1.36. The molecule has 0 bridgehead atoms. The van der Waals surface area contributed by atoms with Crippen molar-refractivity contribution in [1.82, 2.24) is 0 Å². The quantitative estimate of drug-likeness (QED) is 0.857. The molecule has 0 saturated carbocycles. The Bertz CT molecular complexity index is 257. The molecular formula is C10H15NOS2. The molecule has 14 heavy (non-hydrogen) atoms. The van der Waals surface area contributed by atoms with Crippen molar-refractivity contribution in [2.75, 3.05) is 18.1 Å². The second-order valence-corrected chi connectivity index (χ2v) is 5.61. The average molecular weight is 229 g/mol. The van der Waals surface area contributed by atoms with Crippen LogP contribution in [0.4, 0.5) is 0 Å². The van der Waals surface area contributed by atoms with Crippen molar-refractivity contribution in [3.63, 3.8) is 0 Å². The lowest BCUT2D eigenvalue weighted by atomic mass is 10.1. The smallest absolute Gasteiger partial charge is 0.0820 e. The molecular weight excluding hydrogens is 214 g/mol. The van der Waals surface area contributed by atoms with Gasteiger partial charge in [-0.05, 0) is 17.9 Å². The summed E-state index contributed by atoms with van der Waals surface area (Å²) in [5.41, 5.74) is 6.11. The summed E-state index contributed by atoms with van der Waals surface area (Å²) in [5, 5.41) is 2.10. The molecule has 2 atom stereocenters. The van der Waals surface area contributed by atoms with Crippen molar-refractivity contribution in [2.24, 2.45) is 5.73 Å². The van der Waals surface area contributed by atoms with Crippen LogP contribution in [0.25, 0.3) is 0 Å². The van der Waals surface area contributed by atoms with Crippen LogP contribution >= 0.6 is 23.1 Å². The molecule has 1 saturated heterocycles. The Hall–Kier alpha value is -0.0300. The molecule has 2 N–H and O–H groups in total. The van der Waals surface area contributed by atoms with Crippen molar-refractivity contribution in [1.29, 1.82) is 0 Å². The van der Waals surface area contributed by atoms with Gasteiger partial charge in [0.15, 0.2) is 0 Å². The SMILES string of the molecule is NC(Cc1cccs1)C1CSCCO1. The Kier molecular flexibility index (Phi) is 3.87. The number of thiophene rings is 1. The molecule has 4 heteroatoms. The zero-order valence-corrected chi connectivity index (χ0v) is 9.65. The summed E-state index contributed by atoms with van der Waals surface area (Å²) in [7, 11) is 0. The van der Waals surface area contributed by atoms with E-state index in [1.54, 1.807) is 11.3 Å². The number of thioether (sulfide) groups is 1. The summed E-state index contributed by atoms with van der Waals surface area (Å²) in [6.45, 7) is 0.855. The van der Waals surface area contributed by atoms with Gasteiger partial charge in [0.05, 0.1) is 12.7 Å². The van der Waals surface area contributed by atoms with Crippen LogP contribution in [0.15, 0.2) is 17.5 Å². The topological polar surface area (TPSA) is 35.2 Å². The van der Waals surface area contributed by atoms with Gasteiger partial charge in [0.1, 0.15) is 0 Å². The average Bonchev–Trinajstić information content (AvgIpc) is 2.72. The maximum Gasteiger partial charge on any atom is 0.0820 e. The standard InChI is InChI=1S/C10H15NOS2/c11-9(6-8-2-1-4-14-8)10-7-13-5-3-12-10/h1-2,4,9-10H,3,5-7,11H2. The Balaban J connectivity index is 1.85. The van der Waals surface area contributed by atoms with Gasteiger partial charge >= 0.3 is 0 Å². The molecule has 1 aromatic rings. The fourth-order valence-corrected chi connectivity index (χ4v) is 3.28. The Morgan fingerprint density at radius 3 is 3.21 bits per heavy atom. The molecule has 1 aliphatic heterocycles. The molecule has 0 spiro atoms. The van der Waals surface area contributed by atoms with Crippen LogP contribution in [0.2, 0.25) is 0 Å². The number of ether oxygens (including phenoxy) is 1. The third-order valence-corrected chi connectivity index (χ3v) is 4.25. The van der Waals surface area contributed by atoms with Crippen molar-refractivity contribution in [3.05, 3.63) is 22.4 Å². The predicted octanol–water partition coefficient (Wildman–Crippen LogP) is 1.75. The van der Waals surface area contributed by atoms with E-state index in [1.165, 1.54) is 4.88 Å². The molecule has 0 aliphatic carbocycles. The van der Waals surface area contributed by atoms with Crippen molar-refractivity contribution < 1.29 is 4.74 Å². The van der Waals surface area contributed by atoms with Crippen LogP contribution in [0.3, 0.4) is 0 Å². The zero-order valence-electron chi connectivity index (χ0n) is 8.02. The molecule has 1 aliphatic rings. The van der Waals surface area contributed by atoms with Gasteiger partial charge in [-0.15, -0.1) is 11.3 Å². The Labute approximate surface area is 92.8 Å². The first-order valence-corrected chi connectivity index (χ1v) is 6.87. The third kappa shape index (κ3) is 2.73. The molecule has 2 nitrogen and oxygen atoms in total. The van der Waals surface area contributed by atoms with Crippen LogP contribution in [-0.4, -0.2) is 30.3 Å². The molecule has 2 unspecified atom stereocenters. The van der Waals surface area contributed by atoms with Crippen LogP contribution in [0.5, 0.6) is 0 Å². The molecule has 0 radical (unpaired) electrons. The molecule has 78 valence electrons. The lowest BCUT2D eigenvalue weighted by Crippen LogP contribution is -2.42. The normalized spacial score (nSPS) is 24.8. The van der Waals surface area contributed by atoms with E-state index in [4.69, 9.17) is 10.5 Å². The molecule has 2 heterocycles. The van der Waals surface area contributed by atoms with Gasteiger partial charge in [0, 0.05) is 22.4 Å². The van der Waals surface area contributed by atoms with Gasteiger partial charge in [0.25, 0.3) is 0 Å². The summed E-state index contributed by atoms with van der Waals surface area (Å²) in [6, 6.07) is 4.37. The van der Waals surface area contributed by atoms with Gasteiger partial charge in [-0.25, -0.2) is 0 Å². The van der Waals surface area contributed by atoms with Crippen molar-refractivity contribution in [2.45, 2.75) is 18.6 Å². The van der Waals surface area contributed by atoms with Crippen molar-refractivity contribution >= 4 is 23.1 Å². The highest BCUT2D eigenvalue weighted by Gasteiger charge is 2.21. The number of nitrogens with two attached hydrogens (primary N) is 1. The first-order valence-electron chi connectivity index (χ1n) is 4.83. The number of hydrogen-bond donors (Lipinski definition) is 1. The molecule has 2 rings (SSSR count). The Morgan fingerprint density at radius 1 is 1.64 bits per heavy atom. The fourth-order valence-electron chi connectivity index (χ4n) is 1.55. The van der Waals surface area contributed by atoms with Crippen LogP contribution < -0.4 is 5.73 Å². The maximum atomic E-state index is 6.11. The highest BCUT2D eigenvalue weighted by atomic mass is 32.2. The summed E-state index contributed by atoms with van der Waals surface area (Å²) < 4.78 is 5.65. The number of rotatable bonds is 3. The van der Waals surface area contributed by atoms with Crippen LogP contribution in [0, 0.1) is 0 Å². The van der Waals surface area contributed by atoms with Gasteiger partial charge < -0.3 is 10.5 Å². The highest BCUT2D eigenvalue weighted by Crippen LogP contribution is 2.18. The van der Waals surface area contributed by atoms with Gasteiger partial charge in [0.2, 0.25) is 0 Å². The minimum absolute atomic E-state index is 0.154. The maximum absolute atomic E-state index is 6.11. The van der Waals surface area contributed by atoms with E-state index in [2.05, 4.69) is 17.5 Å². The monoisotopic (exact) mass is 229 g/mol. The van der Waals surface area contributed by atoms with Gasteiger partial charge in [-0.1, -0.05) is 6.07 Å². The molecule has 1 fully saturated rings. The fraction of sp³-hybridized carbons (Fsp3) is 0.600. The van der Waals surface area contributed by atoms with Crippen molar-refractivity contribution in [3.8, 4) is 0 Å². The molecule has 1 aromatic heterocycles. The van der Waals surface area contributed by atoms with E-state index in [9.17, 15) is 0 Å². The van der Waals surface area contributed by atoms with E-state index >= 15 is 0 Å². The van der Waals surface area contributed by atoms with E-state index in [0.29, 0.717) is 0 Å². The van der Waals surface area contributed by atoms with Gasteiger partial charge in [-0.3, -0.25) is 0 Å². The second-order valence-electron chi connectivity index (χ2n) is 3.43. The first-order chi connectivity index (χ1) is 6.86. The summed E-state index contributed by atoms with van der Waals surface area (Å²) in [5.74, 6) is 2.16. The Morgan fingerprint density at radius 2 is 2.57 bits per heavy atom. The van der Waals surface area contributed by atoms with E-state index in [-0.39, 0.29) is 12.1 Å². The third-order valence-electron chi connectivity index (χ3n) is 2.34. The lowest BCUT2D eigenvalue weighted by molar-refractivity contribution is 0.0573. The molecule has 0 amide bonds. The predicted molar refractivity (Wildman–Crippen MR) is 63.1 cm³/mol. The minimum Gasteiger partial charge on any atom is -0.375 e. The number of hydrogen-bond acceptors (Lipinski definition) is 4. The van der Waals surface area contributed by atoms with Gasteiger partial charge in [-0.2, -0.15) is 11.8 Å². The van der Waals surface area contributed by atoms with Crippen LogP contribution in [0.1, 0.15) is 4.88 Å². The van der Waals surface area contributed by atoms with E-state index < -0.39 is 0 Å². The molecule has 0 aromatic carbocycles.